The minimum Gasteiger partial charge on any atom is -0.370 e. The fourth-order valence-corrected chi connectivity index (χ4v) is 0.287. The van der Waals surface area contributed by atoms with Crippen LogP contribution in [0.1, 0.15) is 27.7 Å². The lowest BCUT2D eigenvalue weighted by atomic mass is 9.99. The lowest BCUT2D eigenvalue weighted by molar-refractivity contribution is -0.151. The Bertz CT molecular complexity index is 178. The summed E-state index contributed by atoms with van der Waals surface area (Å²) in [5.74, 6) is -0.348. The summed E-state index contributed by atoms with van der Waals surface area (Å²) in [6.07, 6.45) is 0. The van der Waals surface area contributed by atoms with Crippen LogP contribution in [-0.4, -0.2) is 11.5 Å². The predicted octanol–water partition coefficient (Wildman–Crippen LogP) is 1.83. The minimum atomic E-state index is -0.355. The number of hydrogen-bond acceptors (Lipinski definition) is 3. The van der Waals surface area contributed by atoms with Gasteiger partial charge in [-0.3, -0.25) is 4.79 Å². The summed E-state index contributed by atoms with van der Waals surface area (Å²) < 4.78 is 0. The molecule has 72 valence electrons. The van der Waals surface area contributed by atoms with Crippen molar-refractivity contribution in [1.82, 2.24) is 5.48 Å². The molecule has 0 radical (unpaired) electrons. The van der Waals surface area contributed by atoms with E-state index in [1.807, 2.05) is 20.8 Å². The highest BCUT2D eigenvalue weighted by Gasteiger charge is 2.19. The summed E-state index contributed by atoms with van der Waals surface area (Å²) in [5, 5.41) is 0. The standard InChI is InChI=1S/C8H15NO2.ClH/c1-6(2)8(4,5)9-11-7(3)10;/h9H,1H2,2-5H3;1H. The molecular weight excluding hydrogens is 178 g/mol. The van der Waals surface area contributed by atoms with Gasteiger partial charge in [0.05, 0.1) is 5.54 Å². The van der Waals surface area contributed by atoms with Crippen LogP contribution in [0.25, 0.3) is 0 Å². The maximum atomic E-state index is 10.4. The van der Waals surface area contributed by atoms with Gasteiger partial charge in [0.25, 0.3) is 0 Å². The Morgan fingerprint density at radius 2 is 1.83 bits per heavy atom. The molecule has 0 saturated carbocycles. The molecule has 0 rings (SSSR count). The zero-order valence-corrected chi connectivity index (χ0v) is 8.75. The van der Waals surface area contributed by atoms with Crippen molar-refractivity contribution >= 4 is 18.4 Å². The molecular formula is C8H16ClNO2. The van der Waals surface area contributed by atoms with Gasteiger partial charge in [-0.05, 0) is 20.8 Å². The van der Waals surface area contributed by atoms with Crippen LogP contribution in [0.3, 0.4) is 0 Å². The van der Waals surface area contributed by atoms with Crippen LogP contribution in [0.2, 0.25) is 0 Å². The molecule has 0 aromatic carbocycles. The van der Waals surface area contributed by atoms with E-state index >= 15 is 0 Å². The van der Waals surface area contributed by atoms with E-state index in [9.17, 15) is 4.79 Å². The smallest absolute Gasteiger partial charge is 0.321 e. The van der Waals surface area contributed by atoms with Crippen LogP contribution >= 0.6 is 12.4 Å². The second-order valence-corrected chi connectivity index (χ2v) is 3.10. The van der Waals surface area contributed by atoms with E-state index in [1.54, 1.807) is 0 Å². The summed E-state index contributed by atoms with van der Waals surface area (Å²) in [4.78, 5) is 15.0. The number of carbonyl (C=O) groups excluding carboxylic acids is 1. The van der Waals surface area contributed by atoms with E-state index in [0.29, 0.717) is 0 Å². The van der Waals surface area contributed by atoms with Gasteiger partial charge in [0.2, 0.25) is 0 Å². The summed E-state index contributed by atoms with van der Waals surface area (Å²) in [5.41, 5.74) is 3.17. The summed E-state index contributed by atoms with van der Waals surface area (Å²) in [6, 6.07) is 0. The Kier molecular flexibility index (Phi) is 6.03. The number of halogens is 1. The van der Waals surface area contributed by atoms with Crippen molar-refractivity contribution in [3.05, 3.63) is 12.2 Å². The van der Waals surface area contributed by atoms with Gasteiger partial charge in [0.15, 0.2) is 0 Å². The quantitative estimate of drug-likeness (QED) is 0.549. The van der Waals surface area contributed by atoms with Crippen molar-refractivity contribution in [2.24, 2.45) is 0 Å². The molecule has 0 aliphatic rings. The van der Waals surface area contributed by atoms with Crippen molar-refractivity contribution in [1.29, 1.82) is 0 Å². The fraction of sp³-hybridized carbons (Fsp3) is 0.625. The molecule has 0 saturated heterocycles. The van der Waals surface area contributed by atoms with E-state index in [0.717, 1.165) is 5.57 Å². The van der Waals surface area contributed by atoms with Gasteiger partial charge in [-0.25, -0.2) is 0 Å². The van der Waals surface area contributed by atoms with E-state index in [1.165, 1.54) is 6.92 Å². The van der Waals surface area contributed by atoms with Crippen LogP contribution < -0.4 is 5.48 Å². The molecule has 0 amide bonds. The lowest BCUT2D eigenvalue weighted by Crippen LogP contribution is -2.40. The Morgan fingerprint density at radius 1 is 1.42 bits per heavy atom. The van der Waals surface area contributed by atoms with Gasteiger partial charge >= 0.3 is 5.97 Å². The fourth-order valence-electron chi connectivity index (χ4n) is 0.287. The van der Waals surface area contributed by atoms with Gasteiger partial charge in [-0.15, -0.1) is 17.9 Å². The first-order valence-corrected chi connectivity index (χ1v) is 3.47. The van der Waals surface area contributed by atoms with E-state index < -0.39 is 0 Å². The Labute approximate surface area is 79.5 Å². The molecule has 0 bridgehead atoms. The van der Waals surface area contributed by atoms with Crippen LogP contribution in [0.15, 0.2) is 12.2 Å². The predicted molar refractivity (Wildman–Crippen MR) is 51.0 cm³/mol. The van der Waals surface area contributed by atoms with Crippen molar-refractivity contribution in [3.8, 4) is 0 Å². The monoisotopic (exact) mass is 193 g/mol. The number of hydrogen-bond donors (Lipinski definition) is 1. The van der Waals surface area contributed by atoms with E-state index in [-0.39, 0.29) is 23.9 Å². The zero-order valence-electron chi connectivity index (χ0n) is 7.93. The maximum absolute atomic E-state index is 10.4. The molecule has 0 fully saturated rings. The average molecular weight is 194 g/mol. The Morgan fingerprint density at radius 3 is 2.08 bits per heavy atom. The molecule has 0 aromatic rings. The third-order valence-electron chi connectivity index (χ3n) is 1.52. The number of carbonyl (C=O) groups is 1. The SMILES string of the molecule is C=C(C)C(C)(C)NOC(C)=O.Cl. The minimum absolute atomic E-state index is 0. The lowest BCUT2D eigenvalue weighted by Gasteiger charge is -2.24. The van der Waals surface area contributed by atoms with Gasteiger partial charge in [-0.1, -0.05) is 12.2 Å². The zero-order chi connectivity index (χ0) is 9.07. The first kappa shape index (κ1) is 14.0. The Hall–Kier alpha value is -0.540. The summed E-state index contributed by atoms with van der Waals surface area (Å²) in [6.45, 7) is 10.7. The molecule has 0 heterocycles. The second kappa shape index (κ2) is 5.17. The molecule has 0 aromatic heterocycles. The molecule has 0 spiro atoms. The topological polar surface area (TPSA) is 38.3 Å². The molecule has 0 atom stereocenters. The highest BCUT2D eigenvalue weighted by molar-refractivity contribution is 5.85. The summed E-state index contributed by atoms with van der Waals surface area (Å²) >= 11 is 0. The van der Waals surface area contributed by atoms with Gasteiger partial charge in [0.1, 0.15) is 0 Å². The first-order valence-electron chi connectivity index (χ1n) is 3.47. The maximum Gasteiger partial charge on any atom is 0.321 e. The van der Waals surface area contributed by atoms with Crippen molar-refractivity contribution < 1.29 is 9.63 Å². The van der Waals surface area contributed by atoms with Crippen LogP contribution in [0.4, 0.5) is 0 Å². The third kappa shape index (κ3) is 5.16. The number of hydroxylamine groups is 1. The van der Waals surface area contributed by atoms with Gasteiger partial charge < -0.3 is 4.84 Å². The van der Waals surface area contributed by atoms with Gasteiger partial charge in [-0.2, -0.15) is 0 Å². The first-order chi connectivity index (χ1) is 4.86. The van der Waals surface area contributed by atoms with Crippen molar-refractivity contribution in [2.45, 2.75) is 33.2 Å². The Balaban J connectivity index is 0. The van der Waals surface area contributed by atoms with Crippen LogP contribution in [-0.2, 0) is 9.63 Å². The highest BCUT2D eigenvalue weighted by Crippen LogP contribution is 2.11. The van der Waals surface area contributed by atoms with E-state index in [2.05, 4.69) is 16.9 Å². The number of rotatable bonds is 3. The molecule has 12 heavy (non-hydrogen) atoms. The molecule has 0 aliphatic carbocycles. The van der Waals surface area contributed by atoms with Crippen molar-refractivity contribution in [2.75, 3.05) is 0 Å². The molecule has 0 unspecified atom stereocenters. The average Bonchev–Trinajstić information content (AvgIpc) is 1.84. The van der Waals surface area contributed by atoms with Crippen molar-refractivity contribution in [3.63, 3.8) is 0 Å². The highest BCUT2D eigenvalue weighted by atomic mass is 35.5. The molecule has 1 N–H and O–H groups in total. The summed E-state index contributed by atoms with van der Waals surface area (Å²) in [7, 11) is 0. The second-order valence-electron chi connectivity index (χ2n) is 3.10. The molecule has 0 aliphatic heterocycles. The van der Waals surface area contributed by atoms with Crippen LogP contribution in [0.5, 0.6) is 0 Å². The van der Waals surface area contributed by atoms with Gasteiger partial charge in [0, 0.05) is 6.92 Å². The third-order valence-corrected chi connectivity index (χ3v) is 1.52. The van der Waals surface area contributed by atoms with Crippen LogP contribution in [0, 0.1) is 0 Å². The normalized spacial score (nSPS) is 10.0. The van der Waals surface area contributed by atoms with E-state index in [4.69, 9.17) is 0 Å². The molecule has 4 heteroatoms. The molecule has 3 nitrogen and oxygen atoms in total. The largest absolute Gasteiger partial charge is 0.370 e. The number of nitrogens with one attached hydrogen (secondary N) is 1.